The molecular formula is C30H36F2N4O9. The van der Waals surface area contributed by atoms with E-state index < -0.39 is 64.6 Å². The molecule has 0 aliphatic carbocycles. The summed E-state index contributed by atoms with van der Waals surface area (Å²) in [4.78, 5) is 54.6. The number of fused-ring (bicyclic) bond motifs is 4. The lowest BCUT2D eigenvalue weighted by atomic mass is 9.75. The molecule has 1 aromatic carbocycles. The summed E-state index contributed by atoms with van der Waals surface area (Å²) >= 11 is 0. The van der Waals surface area contributed by atoms with E-state index in [1.165, 1.54) is 17.9 Å². The first kappa shape index (κ1) is 33.2. The van der Waals surface area contributed by atoms with Crippen molar-refractivity contribution in [3.8, 4) is 5.75 Å². The number of pyridine rings is 1. The van der Waals surface area contributed by atoms with Crippen LogP contribution in [0.3, 0.4) is 0 Å². The van der Waals surface area contributed by atoms with Crippen molar-refractivity contribution in [1.29, 1.82) is 0 Å². The lowest BCUT2D eigenvalue weighted by Gasteiger charge is -2.43. The van der Waals surface area contributed by atoms with E-state index in [0.717, 1.165) is 12.1 Å². The molecule has 2 bridgehead atoms. The lowest BCUT2D eigenvalue weighted by molar-refractivity contribution is 0.00296. The molecule has 2 aliphatic heterocycles. The molecule has 1 fully saturated rings. The number of rotatable bonds is 10. The van der Waals surface area contributed by atoms with Gasteiger partial charge in [-0.25, -0.2) is 13.6 Å². The largest absolute Gasteiger partial charge is 0.511 e. The van der Waals surface area contributed by atoms with Crippen LogP contribution in [0.15, 0.2) is 34.3 Å². The summed E-state index contributed by atoms with van der Waals surface area (Å²) in [6, 6.07) is 2.05. The van der Waals surface area contributed by atoms with Crippen LogP contribution in [0, 0.1) is 17.0 Å². The summed E-state index contributed by atoms with van der Waals surface area (Å²) in [5.41, 5.74) is -2.31. The number of aromatic nitrogens is 1. The molecule has 0 unspecified atom stereocenters. The van der Waals surface area contributed by atoms with Crippen molar-refractivity contribution in [2.45, 2.75) is 65.1 Å². The standard InChI is InChI=1S/C30H36F2N4O9/c1-5-10-43-29(40)45-16-44-26-24-28(39)35-15-22(30(3,9-8-17(35)2)12-23(34-41)42-4)36(24)14-20(25(26)37)27(38)33-13-18-6-7-19(31)11-21(18)32/h6-7,11,14,17,22,41H,5,8-10,12-13,15-16H2,1-4H3,(H,33,38)/b34-23+/t17-,22+,30+/m0/s1. The molecule has 0 radical (unpaired) electrons. The summed E-state index contributed by atoms with van der Waals surface area (Å²) in [6.45, 7) is 4.69. The van der Waals surface area contributed by atoms with Gasteiger partial charge in [-0.2, -0.15) is 0 Å². The van der Waals surface area contributed by atoms with E-state index in [9.17, 15) is 33.2 Å². The van der Waals surface area contributed by atoms with E-state index in [1.54, 1.807) is 11.8 Å². The van der Waals surface area contributed by atoms with Crippen LogP contribution >= 0.6 is 0 Å². The molecule has 0 spiro atoms. The minimum absolute atomic E-state index is 0.0233. The van der Waals surface area contributed by atoms with E-state index in [0.29, 0.717) is 25.3 Å². The molecule has 1 aromatic heterocycles. The van der Waals surface area contributed by atoms with E-state index in [2.05, 4.69) is 10.5 Å². The summed E-state index contributed by atoms with van der Waals surface area (Å²) < 4.78 is 49.7. The Balaban J connectivity index is 1.80. The van der Waals surface area contributed by atoms with Crippen LogP contribution in [-0.2, 0) is 20.8 Å². The average Bonchev–Trinajstić information content (AvgIpc) is 3.12. The van der Waals surface area contributed by atoms with Crippen LogP contribution in [0.4, 0.5) is 13.6 Å². The highest BCUT2D eigenvalue weighted by molar-refractivity contribution is 5.99. The third-order valence-electron chi connectivity index (χ3n) is 8.24. The lowest BCUT2D eigenvalue weighted by Crippen LogP contribution is -2.50. The van der Waals surface area contributed by atoms with Gasteiger partial charge in [-0.1, -0.05) is 25.1 Å². The van der Waals surface area contributed by atoms with Crippen LogP contribution in [0.25, 0.3) is 0 Å². The van der Waals surface area contributed by atoms with Gasteiger partial charge in [0.25, 0.3) is 11.8 Å². The number of methoxy groups -OCH3 is 1. The molecule has 45 heavy (non-hydrogen) atoms. The zero-order valence-electron chi connectivity index (χ0n) is 25.4. The first-order valence-electron chi connectivity index (χ1n) is 14.4. The molecule has 244 valence electrons. The van der Waals surface area contributed by atoms with Gasteiger partial charge in [-0.15, -0.1) is 0 Å². The third kappa shape index (κ3) is 7.02. The average molecular weight is 635 g/mol. The molecule has 2 amide bonds. The van der Waals surface area contributed by atoms with Crippen LogP contribution in [-0.4, -0.2) is 71.6 Å². The number of carbonyl (C=O) groups is 3. The monoisotopic (exact) mass is 634 g/mol. The number of oxime groups is 1. The normalized spacial score (nSPS) is 21.0. The predicted octanol–water partition coefficient (Wildman–Crippen LogP) is 3.97. The predicted molar refractivity (Wildman–Crippen MR) is 154 cm³/mol. The van der Waals surface area contributed by atoms with Crippen molar-refractivity contribution in [2.24, 2.45) is 10.6 Å². The Morgan fingerprint density at radius 3 is 2.64 bits per heavy atom. The van der Waals surface area contributed by atoms with E-state index in [1.807, 2.05) is 13.8 Å². The van der Waals surface area contributed by atoms with Gasteiger partial charge in [0, 0.05) is 43.4 Å². The Morgan fingerprint density at radius 2 is 1.98 bits per heavy atom. The fourth-order valence-electron chi connectivity index (χ4n) is 5.65. The number of hydrogen-bond donors (Lipinski definition) is 2. The molecule has 13 nitrogen and oxygen atoms in total. The molecule has 0 saturated carbocycles. The number of carbonyl (C=O) groups excluding carboxylic acids is 3. The molecule has 15 heteroatoms. The quantitative estimate of drug-likeness (QED) is 0.0986. The van der Waals surface area contributed by atoms with Gasteiger partial charge < -0.3 is 38.9 Å². The molecule has 4 rings (SSSR count). The van der Waals surface area contributed by atoms with Gasteiger partial charge in [0.1, 0.15) is 17.2 Å². The highest BCUT2D eigenvalue weighted by Gasteiger charge is 2.48. The Morgan fingerprint density at radius 1 is 1.22 bits per heavy atom. The Labute approximate surface area is 257 Å². The Bertz CT molecular complexity index is 1550. The molecule has 2 N–H and O–H groups in total. The number of halogens is 2. The number of ether oxygens (including phenoxy) is 4. The van der Waals surface area contributed by atoms with E-state index in [4.69, 9.17) is 18.9 Å². The van der Waals surface area contributed by atoms with Crippen molar-refractivity contribution in [1.82, 2.24) is 14.8 Å². The molecular weight excluding hydrogens is 598 g/mol. The van der Waals surface area contributed by atoms with Crippen LogP contribution in [0.1, 0.15) is 78.9 Å². The van der Waals surface area contributed by atoms with Gasteiger partial charge >= 0.3 is 6.16 Å². The van der Waals surface area contributed by atoms with Gasteiger partial charge in [0.05, 0.1) is 19.8 Å². The van der Waals surface area contributed by atoms with E-state index in [-0.39, 0.29) is 49.3 Å². The molecule has 3 atom stereocenters. The number of amides is 2. The fraction of sp³-hybridized carbons (Fsp3) is 0.500. The van der Waals surface area contributed by atoms with Crippen molar-refractivity contribution in [2.75, 3.05) is 27.1 Å². The maximum absolute atomic E-state index is 14.2. The second-order valence-corrected chi connectivity index (χ2v) is 11.3. The summed E-state index contributed by atoms with van der Waals surface area (Å²) in [7, 11) is 1.36. The summed E-state index contributed by atoms with van der Waals surface area (Å²) in [5.74, 6) is -3.61. The first-order valence-corrected chi connectivity index (χ1v) is 14.4. The topological polar surface area (TPSA) is 158 Å². The first-order chi connectivity index (χ1) is 21.4. The number of nitrogens with zero attached hydrogens (tertiary/aromatic N) is 3. The van der Waals surface area contributed by atoms with Crippen LogP contribution in [0.5, 0.6) is 5.75 Å². The number of nitrogens with one attached hydrogen (secondary N) is 1. The van der Waals surface area contributed by atoms with Crippen molar-refractivity contribution in [3.63, 3.8) is 0 Å². The molecule has 2 aliphatic rings. The second-order valence-electron chi connectivity index (χ2n) is 11.3. The Kier molecular flexibility index (Phi) is 10.3. The molecule has 1 saturated heterocycles. The Hall–Kier alpha value is -4.69. The van der Waals surface area contributed by atoms with Crippen LogP contribution < -0.4 is 15.5 Å². The highest BCUT2D eigenvalue weighted by atomic mass is 19.1. The summed E-state index contributed by atoms with van der Waals surface area (Å²) in [6.07, 6.45) is 2.00. The maximum atomic E-state index is 14.2. The number of benzene rings is 1. The van der Waals surface area contributed by atoms with Crippen molar-refractivity contribution < 1.29 is 47.3 Å². The van der Waals surface area contributed by atoms with Crippen molar-refractivity contribution >= 4 is 23.9 Å². The minimum atomic E-state index is -1.05. The smallest absolute Gasteiger partial charge is 0.482 e. The summed E-state index contributed by atoms with van der Waals surface area (Å²) in [5, 5.41) is 15.2. The SMILES string of the molecule is CCCOC(=O)OCOc1c2n(cc(C(=O)NCc3ccc(F)cc3F)c1=O)[C@@H]1CN(C2=O)[C@@H](C)CC[C@]1(C)C/C(=N\O)OC. The molecule has 3 heterocycles. The third-order valence-corrected chi connectivity index (χ3v) is 8.24. The maximum Gasteiger partial charge on any atom is 0.511 e. The van der Waals surface area contributed by atoms with Gasteiger partial charge in [0.15, 0.2) is 5.69 Å². The van der Waals surface area contributed by atoms with Gasteiger partial charge in [-0.3, -0.25) is 14.4 Å². The minimum Gasteiger partial charge on any atom is -0.482 e. The van der Waals surface area contributed by atoms with Crippen LogP contribution in [0.2, 0.25) is 0 Å². The number of hydrogen-bond acceptors (Lipinski definition) is 10. The fourth-order valence-corrected chi connectivity index (χ4v) is 5.65. The van der Waals surface area contributed by atoms with E-state index >= 15 is 0 Å². The molecule has 2 aromatic rings. The highest BCUT2D eigenvalue weighted by Crippen LogP contribution is 2.47. The van der Waals surface area contributed by atoms with Gasteiger partial charge in [0.2, 0.25) is 23.9 Å². The van der Waals surface area contributed by atoms with Gasteiger partial charge in [-0.05, 0) is 37.7 Å². The van der Waals surface area contributed by atoms with Crippen molar-refractivity contribution in [3.05, 3.63) is 63.1 Å². The zero-order valence-corrected chi connectivity index (χ0v) is 25.4. The second kappa shape index (κ2) is 13.9. The zero-order chi connectivity index (χ0) is 32.9.